The normalized spacial score (nSPS) is 19.8. The van der Waals surface area contributed by atoms with Crippen molar-refractivity contribution in [3.63, 3.8) is 0 Å². The van der Waals surface area contributed by atoms with Crippen LogP contribution in [0.5, 0.6) is 5.75 Å². The Morgan fingerprint density at radius 2 is 1.88 bits per heavy atom. The Balaban J connectivity index is 1.40. The van der Waals surface area contributed by atoms with Crippen LogP contribution in [-0.2, 0) is 6.42 Å². The van der Waals surface area contributed by atoms with Gasteiger partial charge in [-0.3, -0.25) is 0 Å². The molecule has 24 heavy (non-hydrogen) atoms. The molecule has 4 heteroatoms. The number of hydrogen-bond donors (Lipinski definition) is 0. The molecular formula is C20H23NOS2. The molecule has 4 rings (SSSR count). The van der Waals surface area contributed by atoms with Crippen LogP contribution in [0, 0.1) is 0 Å². The number of nitrogens with zero attached hydrogens (tertiary/aromatic N) is 1. The second kappa shape index (κ2) is 7.42. The van der Waals surface area contributed by atoms with Crippen molar-refractivity contribution in [2.75, 3.05) is 13.6 Å². The highest BCUT2D eigenvalue weighted by molar-refractivity contribution is 7.99. The Bertz CT molecular complexity index is 687. The third kappa shape index (κ3) is 4.29. The quantitative estimate of drug-likeness (QED) is 0.652. The molecular weight excluding hydrogens is 334 g/mol. The Hall–Kier alpha value is -1.10. The van der Waals surface area contributed by atoms with E-state index in [-0.39, 0.29) is 0 Å². The van der Waals surface area contributed by atoms with Gasteiger partial charge in [0.25, 0.3) is 0 Å². The second-order valence-corrected chi connectivity index (χ2v) is 9.23. The minimum atomic E-state index is 0.311. The summed E-state index contributed by atoms with van der Waals surface area (Å²) in [6.45, 7) is 1.01. The highest BCUT2D eigenvalue weighted by Crippen LogP contribution is 2.37. The highest BCUT2D eigenvalue weighted by atomic mass is 32.2. The lowest BCUT2D eigenvalue weighted by molar-refractivity contribution is 0.155. The van der Waals surface area contributed by atoms with E-state index in [0.29, 0.717) is 6.10 Å². The molecule has 0 amide bonds. The molecule has 126 valence electrons. The molecule has 1 aliphatic carbocycles. The van der Waals surface area contributed by atoms with Gasteiger partial charge in [0.1, 0.15) is 11.9 Å². The van der Waals surface area contributed by atoms with Crippen LogP contribution in [0.2, 0.25) is 0 Å². The fraction of sp³-hybridized carbons (Fsp3) is 0.400. The summed E-state index contributed by atoms with van der Waals surface area (Å²) in [5, 5.41) is 0.861. The van der Waals surface area contributed by atoms with E-state index in [0.717, 1.165) is 30.4 Å². The summed E-state index contributed by atoms with van der Waals surface area (Å²) in [6, 6.07) is 17.2. The van der Waals surface area contributed by atoms with E-state index in [2.05, 4.69) is 59.9 Å². The van der Waals surface area contributed by atoms with Crippen LogP contribution >= 0.6 is 23.7 Å². The number of likely N-dealkylation sites (N-methyl/N-ethyl adjacent to an activating group) is 1. The number of fused-ring (bicyclic) bond motifs is 1. The van der Waals surface area contributed by atoms with Crippen molar-refractivity contribution in [3.05, 3.63) is 54.1 Å². The van der Waals surface area contributed by atoms with Crippen LogP contribution in [0.25, 0.3) is 0 Å². The fourth-order valence-corrected chi connectivity index (χ4v) is 4.96. The molecule has 0 bridgehead atoms. The van der Waals surface area contributed by atoms with Gasteiger partial charge >= 0.3 is 0 Å². The third-order valence-corrected chi connectivity index (χ3v) is 6.64. The van der Waals surface area contributed by atoms with E-state index in [9.17, 15) is 0 Å². The third-order valence-electron chi connectivity index (χ3n) is 4.36. The van der Waals surface area contributed by atoms with Gasteiger partial charge in [-0.15, -0.1) is 0 Å². The van der Waals surface area contributed by atoms with Gasteiger partial charge in [-0.2, -0.15) is 0 Å². The van der Waals surface area contributed by atoms with Gasteiger partial charge in [0.05, 0.1) is 0 Å². The first-order valence-corrected chi connectivity index (χ1v) is 10.3. The SMILES string of the molecule is CN(C[C@H]1CCc2ccc(Sc3ccccc3)cc2O1)SC1CC1. The maximum atomic E-state index is 6.31. The summed E-state index contributed by atoms with van der Waals surface area (Å²) in [7, 11) is 2.20. The maximum absolute atomic E-state index is 6.31. The molecule has 0 radical (unpaired) electrons. The molecule has 2 aromatic rings. The summed E-state index contributed by atoms with van der Waals surface area (Å²) in [5.41, 5.74) is 1.35. The van der Waals surface area contributed by atoms with Crippen molar-refractivity contribution in [1.82, 2.24) is 4.31 Å². The zero-order valence-corrected chi connectivity index (χ0v) is 15.6. The monoisotopic (exact) mass is 357 g/mol. The van der Waals surface area contributed by atoms with E-state index in [4.69, 9.17) is 4.74 Å². The predicted octanol–water partition coefficient (Wildman–Crippen LogP) is 5.27. The highest BCUT2D eigenvalue weighted by Gasteiger charge is 2.27. The lowest BCUT2D eigenvalue weighted by Crippen LogP contribution is -2.32. The molecule has 0 N–H and O–H groups in total. The summed E-state index contributed by atoms with van der Waals surface area (Å²) in [6.07, 6.45) is 5.31. The first-order chi connectivity index (χ1) is 11.8. The standard InChI is InChI=1S/C20H23NOS2/c1-21(24-18-11-12-18)14-16-9-7-15-8-10-19(13-20(15)22-16)23-17-5-3-2-4-6-17/h2-6,8,10,13,16,18H,7,9,11-12,14H2,1H3/t16-/m1/s1. The van der Waals surface area contributed by atoms with Crippen LogP contribution in [0.3, 0.4) is 0 Å². The molecule has 1 aliphatic heterocycles. The van der Waals surface area contributed by atoms with Gasteiger partial charge in [-0.1, -0.05) is 48.0 Å². The van der Waals surface area contributed by atoms with Crippen LogP contribution in [0.1, 0.15) is 24.8 Å². The van der Waals surface area contributed by atoms with E-state index >= 15 is 0 Å². The van der Waals surface area contributed by atoms with Crippen LogP contribution in [-0.4, -0.2) is 29.3 Å². The lowest BCUT2D eigenvalue weighted by atomic mass is 10.0. The summed E-state index contributed by atoms with van der Waals surface area (Å²) in [5.74, 6) is 1.08. The summed E-state index contributed by atoms with van der Waals surface area (Å²) in [4.78, 5) is 2.52. The molecule has 1 heterocycles. The summed E-state index contributed by atoms with van der Waals surface area (Å²) < 4.78 is 8.69. The smallest absolute Gasteiger partial charge is 0.124 e. The zero-order chi connectivity index (χ0) is 16.4. The number of ether oxygens (including phenoxy) is 1. The molecule has 2 aliphatic rings. The minimum absolute atomic E-state index is 0.311. The van der Waals surface area contributed by atoms with Crippen molar-refractivity contribution >= 4 is 23.7 Å². The van der Waals surface area contributed by atoms with E-state index in [1.54, 1.807) is 11.8 Å². The fourth-order valence-electron chi connectivity index (χ4n) is 2.98. The zero-order valence-electron chi connectivity index (χ0n) is 14.0. The molecule has 0 unspecified atom stereocenters. The Kier molecular flexibility index (Phi) is 5.06. The Morgan fingerprint density at radius 3 is 2.67 bits per heavy atom. The van der Waals surface area contributed by atoms with Gasteiger partial charge in [0.2, 0.25) is 0 Å². The van der Waals surface area contributed by atoms with E-state index in [1.165, 1.54) is 28.2 Å². The van der Waals surface area contributed by atoms with Crippen LogP contribution in [0.15, 0.2) is 58.3 Å². The lowest BCUT2D eigenvalue weighted by Gasteiger charge is -2.29. The van der Waals surface area contributed by atoms with Gasteiger partial charge in [0, 0.05) is 21.6 Å². The van der Waals surface area contributed by atoms with Crippen molar-refractivity contribution in [3.8, 4) is 5.75 Å². The van der Waals surface area contributed by atoms with Crippen molar-refractivity contribution in [1.29, 1.82) is 0 Å². The molecule has 0 saturated heterocycles. The first kappa shape index (κ1) is 16.4. The average Bonchev–Trinajstić information content (AvgIpc) is 3.39. The average molecular weight is 358 g/mol. The van der Waals surface area contributed by atoms with Gasteiger partial charge in [-0.25, -0.2) is 4.31 Å². The molecule has 1 atom stereocenters. The Labute approximate surface area is 153 Å². The van der Waals surface area contributed by atoms with Crippen molar-refractivity contribution < 1.29 is 4.74 Å². The van der Waals surface area contributed by atoms with E-state index < -0.39 is 0 Å². The van der Waals surface area contributed by atoms with Gasteiger partial charge < -0.3 is 4.74 Å². The molecule has 1 saturated carbocycles. The van der Waals surface area contributed by atoms with Gasteiger partial charge in [-0.05, 0) is 62.6 Å². The Morgan fingerprint density at radius 1 is 1.04 bits per heavy atom. The predicted molar refractivity (Wildman–Crippen MR) is 103 cm³/mol. The van der Waals surface area contributed by atoms with E-state index in [1.807, 2.05) is 11.9 Å². The van der Waals surface area contributed by atoms with Crippen molar-refractivity contribution in [2.24, 2.45) is 0 Å². The number of aryl methyl sites for hydroxylation is 1. The second-order valence-electron chi connectivity index (χ2n) is 6.58. The summed E-state index contributed by atoms with van der Waals surface area (Å²) >= 11 is 3.79. The number of rotatable bonds is 6. The first-order valence-electron chi connectivity index (χ1n) is 8.67. The topological polar surface area (TPSA) is 12.5 Å². The largest absolute Gasteiger partial charge is 0.489 e. The van der Waals surface area contributed by atoms with Crippen LogP contribution < -0.4 is 4.74 Å². The molecule has 0 spiro atoms. The molecule has 2 nitrogen and oxygen atoms in total. The molecule has 1 fully saturated rings. The van der Waals surface area contributed by atoms with Gasteiger partial charge in [0.15, 0.2) is 0 Å². The molecule has 0 aromatic heterocycles. The van der Waals surface area contributed by atoms with Crippen LogP contribution in [0.4, 0.5) is 0 Å². The minimum Gasteiger partial charge on any atom is -0.489 e. The molecule has 2 aromatic carbocycles. The number of hydrogen-bond acceptors (Lipinski definition) is 4. The van der Waals surface area contributed by atoms with Crippen molar-refractivity contribution in [2.45, 2.75) is 46.8 Å². The number of benzene rings is 2. The maximum Gasteiger partial charge on any atom is 0.124 e.